The van der Waals surface area contributed by atoms with Gasteiger partial charge in [0, 0.05) is 11.1 Å². The number of rotatable bonds is 18. The summed E-state index contributed by atoms with van der Waals surface area (Å²) < 4.78 is 34.0. The number of benzene rings is 2. The Morgan fingerprint density at radius 2 is 1.08 bits per heavy atom. The lowest BCUT2D eigenvalue weighted by molar-refractivity contribution is -1.08. The third-order valence-electron chi connectivity index (χ3n) is 13.2. The molecule has 0 spiro atoms. The van der Waals surface area contributed by atoms with Crippen LogP contribution in [0.25, 0.3) is 0 Å². The summed E-state index contributed by atoms with van der Waals surface area (Å²) in [5.74, 6) is 10.7. The first kappa shape index (κ1) is 34.1. The molecule has 2 aromatic rings. The molecule has 0 aromatic heterocycles. The quantitative estimate of drug-likeness (QED) is 0.104. The number of quaternary nitrogens is 4. The molecular weight excluding hydrogens is 617 g/mol. The Balaban J connectivity index is 1.08. The molecule has 6 aliphatic rings. The summed E-state index contributed by atoms with van der Waals surface area (Å²) in [5.41, 5.74) is 2.45. The van der Waals surface area contributed by atoms with Gasteiger partial charge in [-0.1, -0.05) is 57.3 Å². The zero-order valence-corrected chi connectivity index (χ0v) is 31.5. The Morgan fingerprint density at radius 3 is 1.58 bits per heavy atom. The first-order chi connectivity index (χ1) is 25.3. The number of piperazine rings is 6. The zero-order chi connectivity index (χ0) is 36.3. The molecule has 6 fully saturated rings. The van der Waals surface area contributed by atoms with Gasteiger partial charge in [0.05, 0.1) is 20.0 Å². The lowest BCUT2D eigenvalue weighted by atomic mass is 10.1. The van der Waals surface area contributed by atoms with Crippen molar-refractivity contribution in [3.05, 3.63) is 59.1 Å². The van der Waals surface area contributed by atoms with Gasteiger partial charge in [0.2, 0.25) is 0 Å². The summed E-state index contributed by atoms with van der Waals surface area (Å²) in [6, 6.07) is 11.8. The summed E-state index contributed by atoms with van der Waals surface area (Å²) in [5, 5.41) is 0. The molecule has 6 heteroatoms. The number of hydrogen-bond donors (Lipinski definition) is 0. The lowest BCUT2D eigenvalue weighted by Crippen LogP contribution is -2.75. The monoisotopic (exact) mass is 687 g/mol. The lowest BCUT2D eigenvalue weighted by Gasteiger charge is -2.55. The minimum absolute atomic E-state index is 0.368. The maximum atomic E-state index is 8.93. The fraction of sp³-hybridized carbons (Fsp3) is 0.636. The second-order valence-electron chi connectivity index (χ2n) is 16.3. The molecule has 6 nitrogen and oxygen atoms in total. The van der Waals surface area contributed by atoms with E-state index in [2.05, 4.69) is 38.0 Å². The van der Waals surface area contributed by atoms with E-state index in [9.17, 15) is 0 Å². The van der Waals surface area contributed by atoms with Crippen LogP contribution in [0.3, 0.4) is 0 Å². The van der Waals surface area contributed by atoms with E-state index in [1.165, 1.54) is 152 Å². The number of ether oxygens (including phenoxy) is 2. The van der Waals surface area contributed by atoms with Crippen LogP contribution in [0.5, 0.6) is 11.5 Å². The molecule has 0 saturated carbocycles. The first-order valence-corrected chi connectivity index (χ1v) is 20.2. The van der Waals surface area contributed by atoms with E-state index in [1.54, 1.807) is 0 Å². The van der Waals surface area contributed by atoms with Crippen LogP contribution >= 0.6 is 0 Å². The predicted molar refractivity (Wildman–Crippen MR) is 205 cm³/mol. The van der Waals surface area contributed by atoms with Crippen molar-refractivity contribution in [3.8, 4) is 35.7 Å². The van der Waals surface area contributed by atoms with Crippen LogP contribution < -0.4 is 9.47 Å². The number of unbranched alkanes of at least 4 members (excludes halogenated alkanes) is 6. The van der Waals surface area contributed by atoms with Crippen molar-refractivity contribution < 1.29 is 30.1 Å². The Hall–Kier alpha value is -3.00. The standard InChI is InChI=1S/C44H66N4O2/c1-4-7-9-11-21-45-23-29-47(30-24-45,31-25-45)35-37-49-43-19-20-44(42(39-43)18-17-41-15-13-40(6-3)14-16-41)50-38-36-48-32-26-46(27-33-48,28-34-48)22-12-10-8-5-2/h3,13-16,19-20,39H,4-5,7-12,21-38H2,1-2H3/q+4/i3T,19T. The highest BCUT2D eigenvalue weighted by Gasteiger charge is 2.49. The average Bonchev–Trinajstić information content (AvgIpc) is 3.18. The number of terminal acetylenes is 1. The molecule has 6 aliphatic heterocycles. The van der Waals surface area contributed by atoms with Gasteiger partial charge in [0.1, 0.15) is 118 Å². The molecule has 270 valence electrons. The highest BCUT2D eigenvalue weighted by Crippen LogP contribution is 2.30. The predicted octanol–water partition coefficient (Wildman–Crippen LogP) is 6.31. The Bertz CT molecular complexity index is 1550. The smallest absolute Gasteiger partial charge is 0.137 e. The fourth-order valence-electron chi connectivity index (χ4n) is 9.21. The van der Waals surface area contributed by atoms with Gasteiger partial charge in [0.15, 0.2) is 0 Å². The van der Waals surface area contributed by atoms with E-state index in [0.29, 0.717) is 30.8 Å². The molecule has 0 amide bonds. The minimum Gasteiger partial charge on any atom is -0.488 e. The molecule has 0 unspecified atom stereocenters. The molecule has 6 saturated heterocycles. The third-order valence-corrected chi connectivity index (χ3v) is 13.2. The van der Waals surface area contributed by atoms with E-state index < -0.39 is 0 Å². The van der Waals surface area contributed by atoms with Crippen molar-refractivity contribution in [2.45, 2.75) is 65.2 Å². The van der Waals surface area contributed by atoms with Gasteiger partial charge >= 0.3 is 0 Å². The Kier molecular flexibility index (Phi) is 11.6. The number of nitrogens with zero attached hydrogens (tertiary/aromatic N) is 4. The molecule has 50 heavy (non-hydrogen) atoms. The zero-order valence-electron chi connectivity index (χ0n) is 33.5. The average molecular weight is 687 g/mol. The summed E-state index contributed by atoms with van der Waals surface area (Å²) in [6.07, 6.45) is 13.1. The van der Waals surface area contributed by atoms with Gasteiger partial charge < -0.3 is 27.4 Å². The highest BCUT2D eigenvalue weighted by atomic mass is 16.5. The molecular formula is C44H66N4O2+4. The molecule has 0 aliphatic carbocycles. The Labute approximate surface area is 307 Å². The third kappa shape index (κ3) is 9.26. The van der Waals surface area contributed by atoms with Crippen LogP contribution in [0.1, 0.15) is 84.6 Å². The molecule has 6 heterocycles. The van der Waals surface area contributed by atoms with E-state index in [4.69, 9.17) is 12.2 Å². The minimum atomic E-state index is 0.368. The topological polar surface area (TPSA) is 18.5 Å². The van der Waals surface area contributed by atoms with Crippen molar-refractivity contribution in [2.24, 2.45) is 0 Å². The van der Waals surface area contributed by atoms with E-state index in [0.717, 1.165) is 38.7 Å². The molecule has 2 aromatic carbocycles. The van der Waals surface area contributed by atoms with Crippen LogP contribution in [0.15, 0.2) is 42.4 Å². The maximum Gasteiger partial charge on any atom is 0.137 e. The van der Waals surface area contributed by atoms with Crippen LogP contribution in [-0.2, 0) is 0 Å². The largest absolute Gasteiger partial charge is 0.488 e. The number of hydrogen-bond acceptors (Lipinski definition) is 2. The van der Waals surface area contributed by atoms with Crippen molar-refractivity contribution in [1.82, 2.24) is 0 Å². The van der Waals surface area contributed by atoms with E-state index in [1.807, 2.05) is 36.4 Å². The molecule has 0 radical (unpaired) electrons. The van der Waals surface area contributed by atoms with E-state index in [-0.39, 0.29) is 0 Å². The molecule has 0 atom stereocenters. The summed E-state index contributed by atoms with van der Waals surface area (Å²) >= 11 is 0. The van der Waals surface area contributed by atoms with Crippen LogP contribution in [-0.4, -0.2) is 136 Å². The molecule has 0 N–H and O–H groups in total. The van der Waals surface area contributed by atoms with Gasteiger partial charge in [-0.25, -0.2) is 0 Å². The van der Waals surface area contributed by atoms with Crippen molar-refractivity contribution in [3.63, 3.8) is 0 Å². The molecule has 8 rings (SSSR count). The fourth-order valence-corrected chi connectivity index (χ4v) is 9.21. The summed E-state index contributed by atoms with van der Waals surface area (Å²) in [6.45, 7) is 25.9. The van der Waals surface area contributed by atoms with Crippen LogP contribution in [0.4, 0.5) is 0 Å². The van der Waals surface area contributed by atoms with Gasteiger partial charge in [0.25, 0.3) is 0 Å². The molecule has 4 bridgehead atoms. The van der Waals surface area contributed by atoms with Gasteiger partial charge in [-0.05, 0) is 68.1 Å². The van der Waals surface area contributed by atoms with E-state index >= 15 is 0 Å². The summed E-state index contributed by atoms with van der Waals surface area (Å²) in [7, 11) is 0. The second-order valence-corrected chi connectivity index (χ2v) is 16.3. The maximum absolute atomic E-state index is 8.93. The van der Waals surface area contributed by atoms with Crippen molar-refractivity contribution in [2.75, 3.05) is 118 Å². The van der Waals surface area contributed by atoms with Crippen molar-refractivity contribution in [1.29, 1.82) is 0 Å². The first-order valence-electron chi connectivity index (χ1n) is 21.2. The van der Waals surface area contributed by atoms with Gasteiger partial charge in [-0.2, -0.15) is 0 Å². The van der Waals surface area contributed by atoms with Crippen molar-refractivity contribution >= 4 is 0 Å². The number of fused-ring (bicyclic) bond motifs is 6. The normalized spacial score (nSPS) is 28.5. The Morgan fingerprint density at radius 1 is 0.600 bits per heavy atom. The second kappa shape index (κ2) is 17.0. The van der Waals surface area contributed by atoms with Crippen LogP contribution in [0.2, 0.25) is 0 Å². The highest BCUT2D eigenvalue weighted by molar-refractivity contribution is 5.53. The van der Waals surface area contributed by atoms with Gasteiger partial charge in [-0.15, -0.1) is 6.40 Å². The van der Waals surface area contributed by atoms with Crippen LogP contribution in [0, 0.1) is 24.2 Å². The summed E-state index contributed by atoms with van der Waals surface area (Å²) in [4.78, 5) is 0. The SMILES string of the molecule is [3H]C#Cc1ccc(C#Cc2cc(OCC[N+]34CC[N+](CCCCCC)(CC3)CC4)c([3H])cc2OCC[N+]23CC[N+](CCCCCC)(CC2)CC3)cc1. The van der Waals surface area contributed by atoms with Gasteiger partial charge in [-0.3, -0.25) is 0 Å².